The Morgan fingerprint density at radius 1 is 1.06 bits per heavy atom. The lowest BCUT2D eigenvalue weighted by atomic mass is 9.82. The number of benzene rings is 1. The lowest BCUT2D eigenvalue weighted by Crippen LogP contribution is -2.53. The fourth-order valence-corrected chi connectivity index (χ4v) is 5.51. The predicted molar refractivity (Wildman–Crippen MR) is 126 cm³/mol. The van der Waals surface area contributed by atoms with Gasteiger partial charge in [0.15, 0.2) is 0 Å². The molecule has 5 rings (SSSR count). The molecule has 0 atom stereocenters. The summed E-state index contributed by atoms with van der Waals surface area (Å²) in [6.07, 6.45) is 8.56. The van der Waals surface area contributed by atoms with E-state index in [-0.39, 0.29) is 16.8 Å². The van der Waals surface area contributed by atoms with E-state index in [4.69, 9.17) is 9.97 Å². The minimum Gasteiger partial charge on any atom is -0.507 e. The monoisotopic (exact) mass is 431 g/mol. The average molecular weight is 432 g/mol. The molecule has 0 bridgehead atoms. The van der Waals surface area contributed by atoms with Gasteiger partial charge < -0.3 is 10.4 Å². The molecule has 158 valence electrons. The zero-order valence-corrected chi connectivity index (χ0v) is 18.8. The maximum Gasteiger partial charge on any atom is 0.128 e. The van der Waals surface area contributed by atoms with Crippen molar-refractivity contribution in [2.45, 2.75) is 45.2 Å². The first kappa shape index (κ1) is 19.9. The molecule has 1 aliphatic heterocycles. The first-order valence-corrected chi connectivity index (χ1v) is 11.1. The van der Waals surface area contributed by atoms with Crippen LogP contribution in [0.1, 0.15) is 39.8 Å². The van der Waals surface area contributed by atoms with Crippen LogP contribution in [0.15, 0.2) is 48.9 Å². The van der Waals surface area contributed by atoms with Gasteiger partial charge in [-0.3, -0.25) is 10.1 Å². The minimum atomic E-state index is -0.0882. The molecule has 0 unspecified atom stereocenters. The number of thiazole rings is 1. The van der Waals surface area contributed by atoms with Crippen molar-refractivity contribution in [3.05, 3.63) is 54.6 Å². The van der Waals surface area contributed by atoms with E-state index in [0.29, 0.717) is 0 Å². The van der Waals surface area contributed by atoms with Gasteiger partial charge in [-0.15, -0.1) is 11.3 Å². The number of pyridine rings is 1. The van der Waals surface area contributed by atoms with Crippen molar-refractivity contribution in [2.24, 2.45) is 0 Å². The number of hydrogen-bond acceptors (Lipinski definition) is 6. The summed E-state index contributed by atoms with van der Waals surface area (Å²) in [5.74, 6) is 0.204. The molecule has 0 spiro atoms. The van der Waals surface area contributed by atoms with Gasteiger partial charge in [-0.25, -0.2) is 4.98 Å². The van der Waals surface area contributed by atoms with E-state index < -0.39 is 0 Å². The molecule has 6 nitrogen and oxygen atoms in total. The van der Waals surface area contributed by atoms with Gasteiger partial charge in [-0.1, -0.05) is 12.1 Å². The smallest absolute Gasteiger partial charge is 0.128 e. The predicted octanol–water partition coefficient (Wildman–Crippen LogP) is 5.39. The second kappa shape index (κ2) is 7.00. The standard InChI is InChI=1S/C24H25N5OS/c1-23(2)9-15(10-24(3,4)29-23)18-8-21-19(13-25-18)28-22(31-21)17-6-5-14(7-20(17)30)16-11-26-27-12-16/h5-9,11-13,29-30H,10H2,1-4H3,(H,26,27). The SMILES string of the molecule is CC1(C)C=C(c2cc3sc(-c4ccc(-c5cn[nH]c5)cc4O)nc3cn2)CC(C)(C)N1. The lowest BCUT2D eigenvalue weighted by molar-refractivity contribution is 0.297. The van der Waals surface area contributed by atoms with Crippen LogP contribution >= 0.6 is 11.3 Å². The van der Waals surface area contributed by atoms with E-state index in [0.717, 1.165) is 44.0 Å². The number of phenols is 1. The molecule has 0 saturated heterocycles. The summed E-state index contributed by atoms with van der Waals surface area (Å²) in [6, 6.07) is 7.75. The number of aromatic nitrogens is 4. The summed E-state index contributed by atoms with van der Waals surface area (Å²) in [6.45, 7) is 8.82. The van der Waals surface area contributed by atoms with Gasteiger partial charge in [0.2, 0.25) is 0 Å². The Bertz CT molecular complexity index is 1300. The van der Waals surface area contributed by atoms with Crippen molar-refractivity contribution in [1.29, 1.82) is 0 Å². The third-order valence-electron chi connectivity index (χ3n) is 5.49. The van der Waals surface area contributed by atoms with Gasteiger partial charge in [0, 0.05) is 22.8 Å². The molecule has 31 heavy (non-hydrogen) atoms. The summed E-state index contributed by atoms with van der Waals surface area (Å²) in [7, 11) is 0. The molecule has 0 saturated carbocycles. The molecule has 0 aliphatic carbocycles. The maximum atomic E-state index is 10.6. The number of hydrogen-bond donors (Lipinski definition) is 3. The van der Waals surface area contributed by atoms with E-state index in [1.54, 1.807) is 29.8 Å². The number of nitrogens with zero attached hydrogens (tertiary/aromatic N) is 3. The molecule has 0 amide bonds. The number of aromatic amines is 1. The summed E-state index contributed by atoms with van der Waals surface area (Å²) in [5, 5.41) is 21.9. The number of H-pyrrole nitrogens is 1. The van der Waals surface area contributed by atoms with Crippen LogP contribution in [0.25, 0.3) is 37.5 Å². The molecular formula is C24H25N5OS. The van der Waals surface area contributed by atoms with E-state index in [9.17, 15) is 5.11 Å². The Labute approximate surface area is 185 Å². The Balaban J connectivity index is 1.51. The second-order valence-electron chi connectivity index (χ2n) is 9.35. The van der Waals surface area contributed by atoms with E-state index in [2.05, 4.69) is 55.4 Å². The van der Waals surface area contributed by atoms with Gasteiger partial charge in [0.1, 0.15) is 16.3 Å². The van der Waals surface area contributed by atoms with Gasteiger partial charge >= 0.3 is 0 Å². The van der Waals surface area contributed by atoms with E-state index in [1.807, 2.05) is 18.3 Å². The van der Waals surface area contributed by atoms with Crippen LogP contribution in [0, 0.1) is 0 Å². The Kier molecular flexibility index (Phi) is 4.50. The summed E-state index contributed by atoms with van der Waals surface area (Å²) in [4.78, 5) is 9.44. The van der Waals surface area contributed by atoms with Gasteiger partial charge in [-0.2, -0.15) is 5.10 Å². The van der Waals surface area contributed by atoms with Crippen molar-refractivity contribution >= 4 is 27.1 Å². The minimum absolute atomic E-state index is 0.00556. The van der Waals surface area contributed by atoms with Crippen molar-refractivity contribution in [1.82, 2.24) is 25.5 Å². The highest BCUT2D eigenvalue weighted by Crippen LogP contribution is 2.39. The molecule has 3 aromatic heterocycles. The van der Waals surface area contributed by atoms with Crippen molar-refractivity contribution in [2.75, 3.05) is 0 Å². The number of nitrogens with one attached hydrogen (secondary N) is 2. The van der Waals surface area contributed by atoms with Crippen molar-refractivity contribution in [3.63, 3.8) is 0 Å². The topological polar surface area (TPSA) is 86.7 Å². The lowest BCUT2D eigenvalue weighted by Gasteiger charge is -2.41. The zero-order valence-electron chi connectivity index (χ0n) is 18.0. The van der Waals surface area contributed by atoms with E-state index >= 15 is 0 Å². The van der Waals surface area contributed by atoms with Crippen LogP contribution in [0.5, 0.6) is 5.75 Å². The Morgan fingerprint density at radius 3 is 2.61 bits per heavy atom. The molecule has 1 aliphatic rings. The fraction of sp³-hybridized carbons (Fsp3) is 0.292. The Hall–Kier alpha value is -3.03. The average Bonchev–Trinajstić information content (AvgIpc) is 3.34. The highest BCUT2D eigenvalue weighted by atomic mass is 32.1. The molecule has 4 heterocycles. The van der Waals surface area contributed by atoms with E-state index in [1.165, 1.54) is 5.57 Å². The van der Waals surface area contributed by atoms with Crippen molar-refractivity contribution < 1.29 is 5.11 Å². The van der Waals surface area contributed by atoms with Crippen LogP contribution in [-0.4, -0.2) is 36.3 Å². The number of fused-ring (bicyclic) bond motifs is 1. The first-order chi connectivity index (χ1) is 14.7. The highest BCUT2D eigenvalue weighted by Gasteiger charge is 2.33. The van der Waals surface area contributed by atoms with Gasteiger partial charge in [0.05, 0.1) is 28.4 Å². The molecule has 0 radical (unpaired) electrons. The summed E-state index contributed by atoms with van der Waals surface area (Å²) in [5.41, 5.74) is 5.56. The summed E-state index contributed by atoms with van der Waals surface area (Å²) >= 11 is 1.57. The molecule has 3 N–H and O–H groups in total. The van der Waals surface area contributed by atoms with Crippen LogP contribution in [-0.2, 0) is 0 Å². The molecular weight excluding hydrogens is 406 g/mol. The first-order valence-electron chi connectivity index (χ1n) is 10.3. The molecule has 1 aromatic carbocycles. The molecule has 7 heteroatoms. The second-order valence-corrected chi connectivity index (χ2v) is 10.4. The quantitative estimate of drug-likeness (QED) is 0.405. The third-order valence-corrected chi connectivity index (χ3v) is 6.54. The molecule has 0 fully saturated rings. The largest absolute Gasteiger partial charge is 0.507 e. The third kappa shape index (κ3) is 3.86. The maximum absolute atomic E-state index is 10.6. The van der Waals surface area contributed by atoms with Crippen LogP contribution in [0.4, 0.5) is 0 Å². The fourth-order valence-electron chi connectivity index (χ4n) is 4.50. The van der Waals surface area contributed by atoms with Gasteiger partial charge in [0.25, 0.3) is 0 Å². The Morgan fingerprint density at radius 2 is 1.90 bits per heavy atom. The number of aromatic hydroxyl groups is 1. The van der Waals surface area contributed by atoms with Crippen LogP contribution < -0.4 is 5.32 Å². The van der Waals surface area contributed by atoms with Crippen LogP contribution in [0.3, 0.4) is 0 Å². The molecule has 4 aromatic rings. The number of rotatable bonds is 3. The normalized spacial score (nSPS) is 17.6. The van der Waals surface area contributed by atoms with Crippen LogP contribution in [0.2, 0.25) is 0 Å². The zero-order chi connectivity index (χ0) is 21.8. The van der Waals surface area contributed by atoms with Gasteiger partial charge in [-0.05, 0) is 63.5 Å². The number of phenolic OH excluding ortho intramolecular Hbond substituents is 1. The highest BCUT2D eigenvalue weighted by molar-refractivity contribution is 7.21. The summed E-state index contributed by atoms with van der Waals surface area (Å²) < 4.78 is 1.06. The van der Waals surface area contributed by atoms with Crippen molar-refractivity contribution in [3.8, 4) is 27.4 Å².